The number of rotatable bonds is 1. The zero-order valence-corrected chi connectivity index (χ0v) is 11.8. The van der Waals surface area contributed by atoms with Crippen LogP contribution in [0.5, 0.6) is 0 Å². The highest BCUT2D eigenvalue weighted by Crippen LogP contribution is 2.40. The largest absolute Gasteiger partial charge is 0.382 e. The summed E-state index contributed by atoms with van der Waals surface area (Å²) in [4.78, 5) is 2.69. The fourth-order valence-electron chi connectivity index (χ4n) is 3.70. The first-order chi connectivity index (χ1) is 8.65. The summed E-state index contributed by atoms with van der Waals surface area (Å²) < 4.78 is 0. The molecule has 18 heavy (non-hydrogen) atoms. The molecule has 0 aliphatic carbocycles. The van der Waals surface area contributed by atoms with Gasteiger partial charge in [0.25, 0.3) is 0 Å². The topological polar surface area (TPSA) is 15.3 Å². The maximum atomic E-state index is 3.67. The van der Waals surface area contributed by atoms with Gasteiger partial charge in [0.05, 0.1) is 0 Å². The molecule has 0 aromatic heterocycles. The Morgan fingerprint density at radius 2 is 1.89 bits per heavy atom. The van der Waals surface area contributed by atoms with Crippen LogP contribution in [0.15, 0.2) is 12.1 Å². The molecule has 2 aliphatic rings. The van der Waals surface area contributed by atoms with Crippen LogP contribution in [0.3, 0.4) is 0 Å². The second kappa shape index (κ2) is 4.58. The van der Waals surface area contributed by atoms with Crippen molar-refractivity contribution in [2.45, 2.75) is 52.1 Å². The van der Waals surface area contributed by atoms with Gasteiger partial charge in [0.1, 0.15) is 0 Å². The van der Waals surface area contributed by atoms with Gasteiger partial charge in [-0.3, -0.25) is 4.90 Å². The lowest BCUT2D eigenvalue weighted by Gasteiger charge is -2.38. The van der Waals surface area contributed by atoms with Crippen molar-refractivity contribution in [2.75, 3.05) is 18.4 Å². The second-order valence-electron chi connectivity index (χ2n) is 6.08. The van der Waals surface area contributed by atoms with Crippen LogP contribution < -0.4 is 5.32 Å². The number of nitrogens with one attached hydrogen (secondary N) is 1. The molecule has 1 aromatic rings. The van der Waals surface area contributed by atoms with E-state index in [2.05, 4.69) is 43.1 Å². The minimum atomic E-state index is 0.587. The molecule has 2 heterocycles. The van der Waals surface area contributed by atoms with Gasteiger partial charge in [-0.05, 0) is 75.9 Å². The molecule has 0 radical (unpaired) electrons. The molecular formula is C16H24N2. The summed E-state index contributed by atoms with van der Waals surface area (Å²) in [7, 11) is 0. The van der Waals surface area contributed by atoms with Crippen molar-refractivity contribution in [1.29, 1.82) is 0 Å². The minimum absolute atomic E-state index is 0.587. The summed E-state index contributed by atoms with van der Waals surface area (Å²) in [6, 6.07) is 5.88. The van der Waals surface area contributed by atoms with Gasteiger partial charge in [-0.25, -0.2) is 0 Å². The maximum Gasteiger partial charge on any atom is 0.0396 e. The Kier molecular flexibility index (Phi) is 3.06. The molecule has 2 atom stereocenters. The molecule has 2 nitrogen and oxygen atoms in total. The Morgan fingerprint density at radius 1 is 1.17 bits per heavy atom. The Bertz CT molecular complexity index is 447. The van der Waals surface area contributed by atoms with E-state index in [0.717, 1.165) is 0 Å². The molecule has 1 fully saturated rings. The molecule has 2 heteroatoms. The molecule has 1 N–H and O–H groups in total. The molecule has 0 spiro atoms. The number of fused-ring (bicyclic) bond motifs is 1. The number of benzene rings is 1. The smallest absolute Gasteiger partial charge is 0.0396 e. The highest BCUT2D eigenvalue weighted by atomic mass is 15.2. The predicted octanol–water partition coefficient (Wildman–Crippen LogP) is 3.64. The first-order valence-corrected chi connectivity index (χ1v) is 7.27. The van der Waals surface area contributed by atoms with Gasteiger partial charge in [0.2, 0.25) is 0 Å². The molecular weight excluding hydrogens is 220 g/mol. The van der Waals surface area contributed by atoms with E-state index < -0.39 is 0 Å². The Hall–Kier alpha value is -1.02. The molecule has 2 aliphatic heterocycles. The van der Waals surface area contributed by atoms with Gasteiger partial charge < -0.3 is 5.32 Å². The Balaban J connectivity index is 2.03. The van der Waals surface area contributed by atoms with Crippen molar-refractivity contribution in [3.8, 4) is 0 Å². The van der Waals surface area contributed by atoms with Crippen molar-refractivity contribution in [2.24, 2.45) is 0 Å². The van der Waals surface area contributed by atoms with Crippen molar-refractivity contribution in [3.05, 3.63) is 28.8 Å². The lowest BCUT2D eigenvalue weighted by atomic mass is 9.88. The normalized spacial score (nSPS) is 27.9. The van der Waals surface area contributed by atoms with E-state index in [0.29, 0.717) is 12.1 Å². The molecule has 0 bridgehead atoms. The lowest BCUT2D eigenvalue weighted by Crippen LogP contribution is -2.35. The predicted molar refractivity (Wildman–Crippen MR) is 77.2 cm³/mol. The number of hydrogen-bond donors (Lipinski definition) is 1. The third kappa shape index (κ3) is 2.03. The first kappa shape index (κ1) is 12.0. The van der Waals surface area contributed by atoms with Crippen LogP contribution in [-0.2, 0) is 0 Å². The minimum Gasteiger partial charge on any atom is -0.382 e. The first-order valence-electron chi connectivity index (χ1n) is 7.27. The third-order valence-electron chi connectivity index (χ3n) is 4.42. The highest BCUT2D eigenvalue weighted by molar-refractivity contribution is 5.60. The summed E-state index contributed by atoms with van der Waals surface area (Å²) >= 11 is 0. The molecule has 0 amide bonds. The molecule has 2 unspecified atom stereocenters. The van der Waals surface area contributed by atoms with E-state index in [4.69, 9.17) is 0 Å². The molecule has 1 saturated heterocycles. The molecule has 98 valence electrons. The van der Waals surface area contributed by atoms with Crippen molar-refractivity contribution < 1.29 is 0 Å². The third-order valence-corrected chi connectivity index (χ3v) is 4.42. The number of aryl methyl sites for hydroxylation is 2. The Morgan fingerprint density at radius 3 is 2.61 bits per heavy atom. The summed E-state index contributed by atoms with van der Waals surface area (Å²) in [5, 5.41) is 3.67. The van der Waals surface area contributed by atoms with Gasteiger partial charge in [-0.1, -0.05) is 6.07 Å². The average molecular weight is 244 g/mol. The average Bonchev–Trinajstić information content (AvgIpc) is 2.79. The highest BCUT2D eigenvalue weighted by Gasteiger charge is 2.31. The van der Waals surface area contributed by atoms with Crippen LogP contribution in [0.4, 0.5) is 5.69 Å². The SMILES string of the molecule is Cc1cc(C)c2c(c1)NC(C)CC2N1CCCC1. The Labute approximate surface area is 110 Å². The fourth-order valence-corrected chi connectivity index (χ4v) is 3.70. The van der Waals surface area contributed by atoms with Crippen LogP contribution in [0.2, 0.25) is 0 Å². The lowest BCUT2D eigenvalue weighted by molar-refractivity contribution is 0.222. The van der Waals surface area contributed by atoms with Gasteiger partial charge in [0.15, 0.2) is 0 Å². The zero-order chi connectivity index (χ0) is 12.7. The second-order valence-corrected chi connectivity index (χ2v) is 6.08. The number of likely N-dealkylation sites (tertiary alicyclic amines) is 1. The monoisotopic (exact) mass is 244 g/mol. The van der Waals surface area contributed by atoms with Crippen LogP contribution in [0.25, 0.3) is 0 Å². The van der Waals surface area contributed by atoms with E-state index in [-0.39, 0.29) is 0 Å². The maximum absolute atomic E-state index is 3.67. The summed E-state index contributed by atoms with van der Waals surface area (Å²) in [5.41, 5.74) is 5.76. The molecule has 1 aromatic carbocycles. The number of nitrogens with zero attached hydrogens (tertiary/aromatic N) is 1. The summed E-state index contributed by atoms with van der Waals surface area (Å²) in [6.45, 7) is 9.34. The van der Waals surface area contributed by atoms with E-state index in [1.54, 1.807) is 5.56 Å². The van der Waals surface area contributed by atoms with Crippen LogP contribution >= 0.6 is 0 Å². The van der Waals surface area contributed by atoms with Gasteiger partial charge in [-0.15, -0.1) is 0 Å². The quantitative estimate of drug-likeness (QED) is 0.811. The van der Waals surface area contributed by atoms with E-state index >= 15 is 0 Å². The number of hydrogen-bond acceptors (Lipinski definition) is 2. The van der Waals surface area contributed by atoms with E-state index in [1.165, 1.54) is 49.2 Å². The van der Waals surface area contributed by atoms with Gasteiger partial charge in [0, 0.05) is 17.8 Å². The van der Waals surface area contributed by atoms with Crippen molar-refractivity contribution >= 4 is 5.69 Å². The standard InChI is InChI=1S/C16H24N2/c1-11-8-12(2)16-14(9-11)17-13(3)10-15(16)18-6-4-5-7-18/h8-9,13,15,17H,4-7,10H2,1-3H3. The van der Waals surface area contributed by atoms with Crippen LogP contribution in [0.1, 0.15) is 48.9 Å². The number of anilines is 1. The zero-order valence-electron chi connectivity index (χ0n) is 11.8. The van der Waals surface area contributed by atoms with Crippen molar-refractivity contribution in [3.63, 3.8) is 0 Å². The van der Waals surface area contributed by atoms with Crippen LogP contribution in [-0.4, -0.2) is 24.0 Å². The summed E-state index contributed by atoms with van der Waals surface area (Å²) in [5.74, 6) is 0. The molecule has 3 rings (SSSR count). The van der Waals surface area contributed by atoms with Gasteiger partial charge in [-0.2, -0.15) is 0 Å². The van der Waals surface area contributed by atoms with Gasteiger partial charge >= 0.3 is 0 Å². The summed E-state index contributed by atoms with van der Waals surface area (Å²) in [6.07, 6.45) is 3.99. The molecule has 0 saturated carbocycles. The van der Waals surface area contributed by atoms with E-state index in [9.17, 15) is 0 Å². The fraction of sp³-hybridized carbons (Fsp3) is 0.625. The van der Waals surface area contributed by atoms with Crippen LogP contribution in [0, 0.1) is 13.8 Å². The van der Waals surface area contributed by atoms with Crippen molar-refractivity contribution in [1.82, 2.24) is 4.90 Å². The van der Waals surface area contributed by atoms with E-state index in [1.807, 2.05) is 0 Å².